The largest absolute Gasteiger partial charge is 0.357 e. The van der Waals surface area contributed by atoms with Crippen molar-refractivity contribution in [3.05, 3.63) is 0 Å². The fourth-order valence-electron chi connectivity index (χ4n) is 2.30. The van der Waals surface area contributed by atoms with Crippen molar-refractivity contribution in [3.63, 3.8) is 0 Å². The Balaban J connectivity index is 2.06. The van der Waals surface area contributed by atoms with Crippen LogP contribution in [0.2, 0.25) is 0 Å². The van der Waals surface area contributed by atoms with Gasteiger partial charge in [0.15, 0.2) is 0 Å². The van der Waals surface area contributed by atoms with Crippen molar-refractivity contribution < 1.29 is 9.47 Å². The van der Waals surface area contributed by atoms with Gasteiger partial charge in [-0.2, -0.15) is 0 Å². The quantitative estimate of drug-likeness (QED) is 0.518. The molecule has 0 heterocycles. The molecule has 4 heteroatoms. The standard InChI is InChI=1S/C12H27NO2Si/c1-3-14-12(15-4-2)16-10-13-11-8-6-5-7-9-11/h11-13H,3-10,16H2,1-2H3. The number of ether oxygens (including phenoxy) is 2. The van der Waals surface area contributed by atoms with E-state index in [2.05, 4.69) is 5.32 Å². The molecule has 16 heavy (non-hydrogen) atoms. The molecular formula is C12H27NO2Si. The van der Waals surface area contributed by atoms with Gasteiger partial charge in [-0.05, 0) is 32.9 Å². The summed E-state index contributed by atoms with van der Waals surface area (Å²) >= 11 is 0. The molecule has 0 aromatic carbocycles. The molecule has 1 aliphatic carbocycles. The Kier molecular flexibility index (Phi) is 8.11. The topological polar surface area (TPSA) is 30.5 Å². The van der Waals surface area contributed by atoms with E-state index >= 15 is 0 Å². The maximum atomic E-state index is 5.57. The number of hydrogen-bond donors (Lipinski definition) is 1. The highest BCUT2D eigenvalue weighted by molar-refractivity contribution is 6.36. The van der Waals surface area contributed by atoms with E-state index < -0.39 is 0 Å². The second-order valence-electron chi connectivity index (χ2n) is 4.42. The monoisotopic (exact) mass is 245 g/mol. The van der Waals surface area contributed by atoms with Crippen LogP contribution < -0.4 is 5.32 Å². The molecule has 0 bridgehead atoms. The average Bonchev–Trinajstić information content (AvgIpc) is 2.31. The third-order valence-electron chi connectivity index (χ3n) is 3.12. The minimum atomic E-state index is -0.297. The average molecular weight is 245 g/mol. The Morgan fingerprint density at radius 3 is 2.31 bits per heavy atom. The molecule has 1 aliphatic rings. The first kappa shape index (κ1) is 14.2. The minimum absolute atomic E-state index is 0.117. The lowest BCUT2D eigenvalue weighted by atomic mass is 9.96. The van der Waals surface area contributed by atoms with Gasteiger partial charge in [0.05, 0.1) is 0 Å². The summed E-state index contributed by atoms with van der Waals surface area (Å²) in [7, 11) is -0.297. The summed E-state index contributed by atoms with van der Waals surface area (Å²) in [6, 6.07) is 0.769. The fourth-order valence-corrected chi connectivity index (χ4v) is 3.91. The molecule has 0 aromatic heterocycles. The maximum absolute atomic E-state index is 5.57. The fraction of sp³-hybridized carbons (Fsp3) is 1.00. The summed E-state index contributed by atoms with van der Waals surface area (Å²) in [4.78, 5) is 0. The predicted octanol–water partition coefficient (Wildman–Crippen LogP) is 1.39. The molecule has 3 nitrogen and oxygen atoms in total. The van der Waals surface area contributed by atoms with E-state index in [1.807, 2.05) is 13.8 Å². The van der Waals surface area contributed by atoms with E-state index in [1.165, 1.54) is 32.1 Å². The summed E-state index contributed by atoms with van der Waals surface area (Å²) in [6.45, 7) is 5.60. The lowest BCUT2D eigenvalue weighted by molar-refractivity contribution is -0.0828. The molecular weight excluding hydrogens is 218 g/mol. The first-order valence-electron chi connectivity index (χ1n) is 6.83. The smallest absolute Gasteiger partial charge is 0.136 e. The number of nitrogens with one attached hydrogen (secondary N) is 1. The number of hydrogen-bond acceptors (Lipinski definition) is 3. The van der Waals surface area contributed by atoms with Crippen molar-refractivity contribution in [1.82, 2.24) is 5.32 Å². The van der Waals surface area contributed by atoms with Gasteiger partial charge in [-0.15, -0.1) is 0 Å². The molecule has 1 fully saturated rings. The van der Waals surface area contributed by atoms with Gasteiger partial charge in [-0.25, -0.2) is 0 Å². The van der Waals surface area contributed by atoms with Crippen LogP contribution in [0.4, 0.5) is 0 Å². The van der Waals surface area contributed by atoms with Gasteiger partial charge in [0, 0.05) is 19.3 Å². The van der Waals surface area contributed by atoms with Crippen molar-refractivity contribution in [2.24, 2.45) is 0 Å². The van der Waals surface area contributed by atoms with Crippen LogP contribution in [0.3, 0.4) is 0 Å². The summed E-state index contributed by atoms with van der Waals surface area (Å²) in [6.07, 6.45) is 8.11. The normalized spacial score (nSPS) is 18.9. The van der Waals surface area contributed by atoms with Crippen molar-refractivity contribution >= 4 is 9.52 Å². The third kappa shape index (κ3) is 5.99. The highest BCUT2D eigenvalue weighted by Crippen LogP contribution is 2.16. The van der Waals surface area contributed by atoms with Crippen molar-refractivity contribution in [3.8, 4) is 0 Å². The Hall–Kier alpha value is 0.0969. The molecule has 0 saturated heterocycles. The van der Waals surface area contributed by atoms with E-state index in [4.69, 9.17) is 9.47 Å². The van der Waals surface area contributed by atoms with E-state index in [9.17, 15) is 0 Å². The van der Waals surface area contributed by atoms with Crippen molar-refractivity contribution in [1.29, 1.82) is 0 Å². The molecule has 0 spiro atoms. The first-order chi connectivity index (χ1) is 7.86. The van der Waals surface area contributed by atoms with Gasteiger partial charge in [-0.1, -0.05) is 19.3 Å². The van der Waals surface area contributed by atoms with Gasteiger partial charge in [-0.3, -0.25) is 0 Å². The van der Waals surface area contributed by atoms with Crippen LogP contribution in [-0.2, 0) is 9.47 Å². The SMILES string of the molecule is CCOC(OCC)[SiH2]CNC1CCCCC1. The van der Waals surface area contributed by atoms with Gasteiger partial charge < -0.3 is 14.8 Å². The lowest BCUT2D eigenvalue weighted by Crippen LogP contribution is -2.39. The van der Waals surface area contributed by atoms with Crippen LogP contribution in [0.15, 0.2) is 0 Å². The van der Waals surface area contributed by atoms with Crippen LogP contribution in [-0.4, -0.2) is 40.9 Å². The molecule has 1 N–H and O–H groups in total. The zero-order chi connectivity index (χ0) is 11.6. The summed E-state index contributed by atoms with van der Waals surface area (Å²) < 4.78 is 11.1. The van der Waals surface area contributed by atoms with Crippen LogP contribution in [0.5, 0.6) is 0 Å². The molecule has 96 valence electrons. The Bertz CT molecular complexity index is 157. The Labute approximate surface area is 102 Å². The van der Waals surface area contributed by atoms with E-state index in [1.54, 1.807) is 0 Å². The third-order valence-corrected chi connectivity index (χ3v) is 4.64. The van der Waals surface area contributed by atoms with Crippen LogP contribution in [0, 0.1) is 0 Å². The Morgan fingerprint density at radius 2 is 1.75 bits per heavy atom. The number of rotatable bonds is 8. The second-order valence-corrected chi connectivity index (χ2v) is 6.16. The van der Waals surface area contributed by atoms with Gasteiger partial charge in [0.2, 0.25) is 0 Å². The van der Waals surface area contributed by atoms with Gasteiger partial charge in [0.1, 0.15) is 15.4 Å². The molecule has 1 saturated carbocycles. The molecule has 0 aliphatic heterocycles. The van der Waals surface area contributed by atoms with Crippen LogP contribution >= 0.6 is 0 Å². The second kappa shape index (κ2) is 9.16. The summed E-state index contributed by atoms with van der Waals surface area (Å²) in [5.74, 6) is 0.117. The molecule has 1 rings (SSSR count). The molecule has 0 amide bonds. The van der Waals surface area contributed by atoms with Crippen LogP contribution in [0.1, 0.15) is 46.0 Å². The van der Waals surface area contributed by atoms with Crippen molar-refractivity contribution in [2.45, 2.75) is 57.9 Å². The zero-order valence-corrected chi connectivity index (χ0v) is 12.2. The highest BCUT2D eigenvalue weighted by atomic mass is 28.2. The van der Waals surface area contributed by atoms with E-state index in [0.717, 1.165) is 25.4 Å². The minimum Gasteiger partial charge on any atom is -0.357 e. The van der Waals surface area contributed by atoms with Gasteiger partial charge >= 0.3 is 0 Å². The van der Waals surface area contributed by atoms with Gasteiger partial charge in [0.25, 0.3) is 0 Å². The molecule has 0 unspecified atom stereocenters. The van der Waals surface area contributed by atoms with Crippen molar-refractivity contribution in [2.75, 3.05) is 19.4 Å². The molecule has 0 aromatic rings. The summed E-state index contributed by atoms with van der Waals surface area (Å²) in [5.41, 5.74) is 0. The van der Waals surface area contributed by atoms with E-state index in [0.29, 0.717) is 0 Å². The highest BCUT2D eigenvalue weighted by Gasteiger charge is 2.14. The predicted molar refractivity (Wildman–Crippen MR) is 70.5 cm³/mol. The van der Waals surface area contributed by atoms with Crippen LogP contribution in [0.25, 0.3) is 0 Å². The maximum Gasteiger partial charge on any atom is 0.136 e. The molecule has 0 radical (unpaired) electrons. The molecule has 0 atom stereocenters. The first-order valence-corrected chi connectivity index (χ1v) is 8.65. The van der Waals surface area contributed by atoms with E-state index in [-0.39, 0.29) is 15.4 Å². The Morgan fingerprint density at radius 1 is 1.12 bits per heavy atom. The zero-order valence-electron chi connectivity index (χ0n) is 10.8. The summed E-state index contributed by atoms with van der Waals surface area (Å²) in [5, 5.41) is 3.67. The lowest BCUT2D eigenvalue weighted by Gasteiger charge is -2.24.